The maximum atomic E-state index is 12.5. The zero-order valence-corrected chi connectivity index (χ0v) is 14.8. The highest BCUT2D eigenvalue weighted by Crippen LogP contribution is 2.21. The summed E-state index contributed by atoms with van der Waals surface area (Å²) in [6.07, 6.45) is 3.29. The average molecular weight is 320 g/mol. The van der Waals surface area contributed by atoms with E-state index in [-0.39, 0.29) is 29.7 Å². The van der Waals surface area contributed by atoms with Crippen LogP contribution in [-0.2, 0) is 16.6 Å². The molecule has 2 rings (SSSR count). The number of hydrogen-bond donors (Lipinski definition) is 1. The zero-order chi connectivity index (χ0) is 17.1. The molecule has 0 bridgehead atoms. The first-order chi connectivity index (χ1) is 10.8. The van der Waals surface area contributed by atoms with Gasteiger partial charge in [-0.2, -0.15) is 5.10 Å². The second-order valence-corrected chi connectivity index (χ2v) is 6.79. The summed E-state index contributed by atoms with van der Waals surface area (Å²) in [5, 5.41) is 7.32. The number of amides is 2. The second-order valence-electron chi connectivity index (χ2n) is 6.79. The fraction of sp³-hybridized carbons (Fsp3) is 0.706. The van der Waals surface area contributed by atoms with Crippen molar-refractivity contribution < 1.29 is 9.59 Å². The van der Waals surface area contributed by atoms with Crippen molar-refractivity contribution in [2.24, 2.45) is 18.9 Å². The molecular formula is C17H28N4O2. The molecule has 1 saturated heterocycles. The van der Waals surface area contributed by atoms with Gasteiger partial charge in [-0.15, -0.1) is 0 Å². The van der Waals surface area contributed by atoms with E-state index in [1.54, 1.807) is 0 Å². The Morgan fingerprint density at radius 3 is 2.35 bits per heavy atom. The second kappa shape index (κ2) is 7.15. The number of carbonyl (C=O) groups excluding carboxylic acids is 2. The van der Waals surface area contributed by atoms with E-state index in [1.165, 1.54) is 0 Å². The third-order valence-corrected chi connectivity index (χ3v) is 4.77. The van der Waals surface area contributed by atoms with Gasteiger partial charge < -0.3 is 10.2 Å². The van der Waals surface area contributed by atoms with Crippen LogP contribution in [0.1, 0.15) is 50.9 Å². The monoisotopic (exact) mass is 320 g/mol. The van der Waals surface area contributed by atoms with Crippen LogP contribution in [0.2, 0.25) is 0 Å². The molecule has 0 spiro atoms. The lowest BCUT2D eigenvalue weighted by molar-refractivity contribution is -0.138. The average Bonchev–Trinajstić information content (AvgIpc) is 2.86. The summed E-state index contributed by atoms with van der Waals surface area (Å²) in [5.41, 5.74) is 2.11. The standard InChI is InChI=1S/C17H28N4O2/c1-11(2)17(23)21-8-6-14(7-9-21)16(22)19-12(3)15-10-18-20(5)13(15)4/h10-12,14H,6-9H2,1-5H3,(H,19,22). The molecule has 1 aromatic heterocycles. The van der Waals surface area contributed by atoms with E-state index in [9.17, 15) is 9.59 Å². The number of piperidine rings is 1. The Morgan fingerprint density at radius 1 is 1.26 bits per heavy atom. The van der Waals surface area contributed by atoms with Gasteiger partial charge in [0.05, 0.1) is 12.2 Å². The van der Waals surface area contributed by atoms with Gasteiger partial charge in [0.2, 0.25) is 11.8 Å². The normalized spacial score (nSPS) is 17.4. The minimum absolute atomic E-state index is 0.00867. The summed E-state index contributed by atoms with van der Waals surface area (Å²) in [6.45, 7) is 9.17. The van der Waals surface area contributed by atoms with Crippen molar-refractivity contribution >= 4 is 11.8 Å². The Balaban J connectivity index is 1.88. The van der Waals surface area contributed by atoms with E-state index in [1.807, 2.05) is 50.5 Å². The summed E-state index contributed by atoms with van der Waals surface area (Å²) < 4.78 is 1.81. The van der Waals surface area contributed by atoms with Gasteiger partial charge >= 0.3 is 0 Å². The molecule has 1 aliphatic rings. The van der Waals surface area contributed by atoms with Gasteiger partial charge in [-0.05, 0) is 26.7 Å². The van der Waals surface area contributed by atoms with Gasteiger partial charge in [0, 0.05) is 43.2 Å². The number of nitrogens with one attached hydrogen (secondary N) is 1. The van der Waals surface area contributed by atoms with Crippen LogP contribution >= 0.6 is 0 Å². The molecule has 1 atom stereocenters. The summed E-state index contributed by atoms with van der Waals surface area (Å²) in [5.74, 6) is 0.278. The SMILES string of the molecule is Cc1c(C(C)NC(=O)C2CCN(C(=O)C(C)C)CC2)cnn1C. The maximum Gasteiger partial charge on any atom is 0.225 e. The van der Waals surface area contributed by atoms with E-state index < -0.39 is 0 Å². The summed E-state index contributed by atoms with van der Waals surface area (Å²) in [6, 6.07) is -0.0495. The van der Waals surface area contributed by atoms with Crippen LogP contribution in [0.4, 0.5) is 0 Å². The van der Waals surface area contributed by atoms with Crippen LogP contribution in [0.3, 0.4) is 0 Å². The first-order valence-corrected chi connectivity index (χ1v) is 8.39. The maximum absolute atomic E-state index is 12.5. The molecule has 1 aromatic rings. The van der Waals surface area contributed by atoms with Gasteiger partial charge in [0.25, 0.3) is 0 Å². The molecule has 6 nitrogen and oxygen atoms in total. The lowest BCUT2D eigenvalue weighted by Crippen LogP contribution is -2.44. The number of rotatable bonds is 4. The van der Waals surface area contributed by atoms with E-state index >= 15 is 0 Å². The molecule has 23 heavy (non-hydrogen) atoms. The molecule has 0 aromatic carbocycles. The fourth-order valence-corrected chi connectivity index (χ4v) is 3.08. The Bertz CT molecular complexity index is 571. The van der Waals surface area contributed by atoms with Crippen molar-refractivity contribution in [3.63, 3.8) is 0 Å². The van der Waals surface area contributed by atoms with E-state index in [4.69, 9.17) is 0 Å². The quantitative estimate of drug-likeness (QED) is 0.920. The number of likely N-dealkylation sites (tertiary alicyclic amines) is 1. The highest BCUT2D eigenvalue weighted by atomic mass is 16.2. The number of aromatic nitrogens is 2. The molecule has 6 heteroatoms. The van der Waals surface area contributed by atoms with Crippen LogP contribution in [-0.4, -0.2) is 39.6 Å². The van der Waals surface area contributed by atoms with Crippen LogP contribution in [0, 0.1) is 18.8 Å². The summed E-state index contributed by atoms with van der Waals surface area (Å²) in [7, 11) is 1.90. The van der Waals surface area contributed by atoms with Crippen LogP contribution < -0.4 is 5.32 Å². The topological polar surface area (TPSA) is 67.2 Å². The van der Waals surface area contributed by atoms with Crippen molar-refractivity contribution in [2.75, 3.05) is 13.1 Å². The predicted octanol–water partition coefficient (Wildman–Crippen LogP) is 1.80. The smallest absolute Gasteiger partial charge is 0.225 e. The van der Waals surface area contributed by atoms with Crippen LogP contribution in [0.25, 0.3) is 0 Å². The molecule has 0 aliphatic carbocycles. The molecule has 2 heterocycles. The molecule has 128 valence electrons. The third-order valence-electron chi connectivity index (χ3n) is 4.77. The molecule has 1 N–H and O–H groups in total. The Hall–Kier alpha value is -1.85. The first kappa shape index (κ1) is 17.5. The Kier molecular flexibility index (Phi) is 5.44. The van der Waals surface area contributed by atoms with Gasteiger partial charge in [-0.25, -0.2) is 0 Å². The van der Waals surface area contributed by atoms with Crippen LogP contribution in [0.5, 0.6) is 0 Å². The molecule has 1 unspecified atom stereocenters. The molecule has 2 amide bonds. The van der Waals surface area contributed by atoms with Gasteiger partial charge in [0.15, 0.2) is 0 Å². The van der Waals surface area contributed by atoms with Gasteiger partial charge in [-0.1, -0.05) is 13.8 Å². The minimum atomic E-state index is -0.0495. The fourth-order valence-electron chi connectivity index (χ4n) is 3.08. The van der Waals surface area contributed by atoms with Crippen molar-refractivity contribution in [2.45, 2.75) is 46.6 Å². The Labute approximate surface area is 138 Å². The number of hydrogen-bond acceptors (Lipinski definition) is 3. The largest absolute Gasteiger partial charge is 0.349 e. The predicted molar refractivity (Wildman–Crippen MR) is 88.6 cm³/mol. The third kappa shape index (κ3) is 3.92. The van der Waals surface area contributed by atoms with Crippen molar-refractivity contribution in [1.29, 1.82) is 0 Å². The lowest BCUT2D eigenvalue weighted by atomic mass is 9.94. The van der Waals surface area contributed by atoms with Crippen molar-refractivity contribution in [3.05, 3.63) is 17.5 Å². The van der Waals surface area contributed by atoms with E-state index in [2.05, 4.69) is 10.4 Å². The Morgan fingerprint density at radius 2 is 1.87 bits per heavy atom. The molecule has 0 saturated carbocycles. The summed E-state index contributed by atoms with van der Waals surface area (Å²) >= 11 is 0. The summed E-state index contributed by atoms with van der Waals surface area (Å²) in [4.78, 5) is 26.3. The molecule has 0 radical (unpaired) electrons. The molecular weight excluding hydrogens is 292 g/mol. The molecule has 1 aliphatic heterocycles. The van der Waals surface area contributed by atoms with E-state index in [0.717, 1.165) is 24.1 Å². The van der Waals surface area contributed by atoms with E-state index in [0.29, 0.717) is 13.1 Å². The van der Waals surface area contributed by atoms with Crippen molar-refractivity contribution in [3.8, 4) is 0 Å². The van der Waals surface area contributed by atoms with Gasteiger partial charge in [-0.3, -0.25) is 14.3 Å². The highest BCUT2D eigenvalue weighted by molar-refractivity contribution is 5.81. The van der Waals surface area contributed by atoms with Gasteiger partial charge in [0.1, 0.15) is 0 Å². The first-order valence-electron chi connectivity index (χ1n) is 8.39. The molecule has 1 fully saturated rings. The van der Waals surface area contributed by atoms with Crippen molar-refractivity contribution in [1.82, 2.24) is 20.0 Å². The highest BCUT2D eigenvalue weighted by Gasteiger charge is 2.29. The minimum Gasteiger partial charge on any atom is -0.349 e. The van der Waals surface area contributed by atoms with Crippen LogP contribution in [0.15, 0.2) is 6.20 Å². The number of nitrogens with zero attached hydrogens (tertiary/aromatic N) is 3. The number of aryl methyl sites for hydroxylation is 1. The zero-order valence-electron chi connectivity index (χ0n) is 14.8. The number of carbonyl (C=O) groups is 2. The lowest BCUT2D eigenvalue weighted by Gasteiger charge is -2.33.